The summed E-state index contributed by atoms with van der Waals surface area (Å²) in [6.07, 6.45) is 4.77. The van der Waals surface area contributed by atoms with Crippen LogP contribution >= 0.6 is 0 Å². The smallest absolute Gasteiger partial charge is 0.127 e. The van der Waals surface area contributed by atoms with Crippen LogP contribution in [0.3, 0.4) is 0 Å². The standard InChI is InChI=1S/C13H19FN2/c1-2-12-5-3-4-6-16(12)13-8-10(14)7-11(15)9-13/h7-9,12H,2-6,15H2,1H3. The normalized spacial score (nSPS) is 21.1. The number of nitrogens with zero attached hydrogens (tertiary/aromatic N) is 1. The molecule has 0 bridgehead atoms. The van der Waals surface area contributed by atoms with Crippen LogP contribution in [-0.4, -0.2) is 12.6 Å². The molecule has 1 saturated heterocycles. The monoisotopic (exact) mass is 222 g/mol. The Balaban J connectivity index is 2.26. The van der Waals surface area contributed by atoms with Gasteiger partial charge < -0.3 is 10.6 Å². The van der Waals surface area contributed by atoms with E-state index in [1.165, 1.54) is 25.3 Å². The maximum atomic E-state index is 13.3. The van der Waals surface area contributed by atoms with Crippen molar-refractivity contribution in [1.82, 2.24) is 0 Å². The molecule has 1 fully saturated rings. The van der Waals surface area contributed by atoms with Gasteiger partial charge in [0.2, 0.25) is 0 Å². The number of anilines is 2. The maximum Gasteiger partial charge on any atom is 0.127 e. The number of hydrogen-bond donors (Lipinski definition) is 1. The fourth-order valence-corrected chi connectivity index (χ4v) is 2.53. The Kier molecular flexibility index (Phi) is 3.32. The van der Waals surface area contributed by atoms with Crippen molar-refractivity contribution in [2.45, 2.75) is 38.6 Å². The molecule has 3 heteroatoms. The van der Waals surface area contributed by atoms with Crippen LogP contribution in [0.5, 0.6) is 0 Å². The second kappa shape index (κ2) is 4.73. The lowest BCUT2D eigenvalue weighted by Gasteiger charge is -2.37. The molecular formula is C13H19FN2. The summed E-state index contributed by atoms with van der Waals surface area (Å²) < 4.78 is 13.3. The molecule has 1 aromatic carbocycles. The zero-order valence-corrected chi connectivity index (χ0v) is 9.75. The summed E-state index contributed by atoms with van der Waals surface area (Å²) in [4.78, 5) is 2.29. The largest absolute Gasteiger partial charge is 0.399 e. The molecule has 1 heterocycles. The first kappa shape index (κ1) is 11.2. The van der Waals surface area contributed by atoms with Crippen molar-refractivity contribution >= 4 is 11.4 Å². The van der Waals surface area contributed by atoms with E-state index in [-0.39, 0.29) is 5.82 Å². The first-order valence-electron chi connectivity index (χ1n) is 6.03. The summed E-state index contributed by atoms with van der Waals surface area (Å²) in [7, 11) is 0. The van der Waals surface area contributed by atoms with Crippen molar-refractivity contribution in [2.24, 2.45) is 0 Å². The van der Waals surface area contributed by atoms with Gasteiger partial charge in [0.1, 0.15) is 5.82 Å². The second-order valence-corrected chi connectivity index (χ2v) is 4.49. The first-order chi connectivity index (χ1) is 7.70. The highest BCUT2D eigenvalue weighted by Crippen LogP contribution is 2.28. The van der Waals surface area contributed by atoms with Crippen molar-refractivity contribution in [3.63, 3.8) is 0 Å². The molecule has 0 amide bonds. The number of nitrogens with two attached hydrogens (primary N) is 1. The van der Waals surface area contributed by atoms with Gasteiger partial charge in [-0.3, -0.25) is 0 Å². The molecule has 1 aromatic rings. The number of piperidine rings is 1. The molecule has 0 aliphatic carbocycles. The Labute approximate surface area is 96.2 Å². The minimum Gasteiger partial charge on any atom is -0.399 e. The summed E-state index contributed by atoms with van der Waals surface area (Å²) in [5, 5.41) is 0. The fraction of sp³-hybridized carbons (Fsp3) is 0.538. The zero-order valence-electron chi connectivity index (χ0n) is 9.75. The number of hydrogen-bond acceptors (Lipinski definition) is 2. The molecule has 88 valence electrons. The zero-order chi connectivity index (χ0) is 11.5. The Bertz CT molecular complexity index is 345. The van der Waals surface area contributed by atoms with E-state index in [9.17, 15) is 4.39 Å². The summed E-state index contributed by atoms with van der Waals surface area (Å²) in [6.45, 7) is 3.20. The van der Waals surface area contributed by atoms with Crippen LogP contribution in [0.25, 0.3) is 0 Å². The summed E-state index contributed by atoms with van der Waals surface area (Å²) >= 11 is 0. The third-order valence-corrected chi connectivity index (χ3v) is 3.33. The van der Waals surface area contributed by atoms with Gasteiger partial charge in [0.15, 0.2) is 0 Å². The molecular weight excluding hydrogens is 203 g/mol. The van der Waals surface area contributed by atoms with Gasteiger partial charge in [0, 0.05) is 24.0 Å². The van der Waals surface area contributed by atoms with E-state index >= 15 is 0 Å². The second-order valence-electron chi connectivity index (χ2n) is 4.49. The molecule has 1 aliphatic rings. The third kappa shape index (κ3) is 2.29. The van der Waals surface area contributed by atoms with E-state index in [2.05, 4.69) is 11.8 Å². The SMILES string of the molecule is CCC1CCCCN1c1cc(N)cc(F)c1. The lowest BCUT2D eigenvalue weighted by molar-refractivity contribution is 0.449. The first-order valence-corrected chi connectivity index (χ1v) is 6.03. The van der Waals surface area contributed by atoms with Gasteiger partial charge in [-0.25, -0.2) is 4.39 Å². The molecule has 2 N–H and O–H groups in total. The van der Waals surface area contributed by atoms with Gasteiger partial charge in [-0.1, -0.05) is 6.92 Å². The lowest BCUT2D eigenvalue weighted by atomic mass is 9.99. The Hall–Kier alpha value is -1.25. The Morgan fingerprint density at radius 1 is 1.38 bits per heavy atom. The van der Waals surface area contributed by atoms with Crippen molar-refractivity contribution in [3.8, 4) is 0 Å². The molecule has 2 rings (SSSR count). The Morgan fingerprint density at radius 2 is 2.19 bits per heavy atom. The number of halogens is 1. The minimum atomic E-state index is -0.240. The van der Waals surface area contributed by atoms with Gasteiger partial charge in [-0.15, -0.1) is 0 Å². The number of rotatable bonds is 2. The van der Waals surface area contributed by atoms with Crippen LogP contribution in [0.2, 0.25) is 0 Å². The van der Waals surface area contributed by atoms with Gasteiger partial charge >= 0.3 is 0 Å². The molecule has 1 aliphatic heterocycles. The summed E-state index contributed by atoms with van der Waals surface area (Å²) in [5.41, 5.74) is 7.13. The molecule has 2 nitrogen and oxygen atoms in total. The van der Waals surface area contributed by atoms with E-state index in [0.29, 0.717) is 11.7 Å². The number of benzene rings is 1. The van der Waals surface area contributed by atoms with Crippen LogP contribution < -0.4 is 10.6 Å². The van der Waals surface area contributed by atoms with E-state index in [1.54, 1.807) is 6.07 Å². The van der Waals surface area contributed by atoms with Crippen molar-refractivity contribution in [1.29, 1.82) is 0 Å². The lowest BCUT2D eigenvalue weighted by Crippen LogP contribution is -2.39. The molecule has 0 aromatic heterocycles. The van der Waals surface area contributed by atoms with Gasteiger partial charge in [-0.2, -0.15) is 0 Å². The van der Waals surface area contributed by atoms with Gasteiger partial charge in [-0.05, 0) is 43.9 Å². The van der Waals surface area contributed by atoms with Crippen LogP contribution in [0.4, 0.5) is 15.8 Å². The van der Waals surface area contributed by atoms with E-state index in [4.69, 9.17) is 5.73 Å². The number of nitrogen functional groups attached to an aromatic ring is 1. The maximum absolute atomic E-state index is 13.3. The van der Waals surface area contributed by atoms with Crippen LogP contribution in [0, 0.1) is 5.82 Å². The average molecular weight is 222 g/mol. The molecule has 1 atom stereocenters. The quantitative estimate of drug-likeness (QED) is 0.779. The topological polar surface area (TPSA) is 29.3 Å². The highest BCUT2D eigenvalue weighted by molar-refractivity contribution is 5.57. The molecule has 1 unspecified atom stereocenters. The molecule has 0 spiro atoms. The van der Waals surface area contributed by atoms with Crippen LogP contribution in [0.1, 0.15) is 32.6 Å². The highest BCUT2D eigenvalue weighted by atomic mass is 19.1. The van der Waals surface area contributed by atoms with E-state index in [1.807, 2.05) is 6.07 Å². The van der Waals surface area contributed by atoms with Crippen LogP contribution in [0.15, 0.2) is 18.2 Å². The summed E-state index contributed by atoms with van der Waals surface area (Å²) in [5.74, 6) is -0.240. The molecule has 16 heavy (non-hydrogen) atoms. The Morgan fingerprint density at radius 3 is 2.88 bits per heavy atom. The van der Waals surface area contributed by atoms with Crippen molar-refractivity contribution in [2.75, 3.05) is 17.2 Å². The van der Waals surface area contributed by atoms with Crippen molar-refractivity contribution in [3.05, 3.63) is 24.0 Å². The fourth-order valence-electron chi connectivity index (χ4n) is 2.53. The predicted octanol–water partition coefficient (Wildman–Crippen LogP) is 3.18. The average Bonchev–Trinajstić information content (AvgIpc) is 2.27. The molecule has 0 radical (unpaired) electrons. The van der Waals surface area contributed by atoms with Gasteiger partial charge in [0.05, 0.1) is 0 Å². The minimum absolute atomic E-state index is 0.240. The van der Waals surface area contributed by atoms with E-state index < -0.39 is 0 Å². The predicted molar refractivity (Wildman–Crippen MR) is 66.1 cm³/mol. The highest BCUT2D eigenvalue weighted by Gasteiger charge is 2.21. The van der Waals surface area contributed by atoms with E-state index in [0.717, 1.165) is 18.7 Å². The van der Waals surface area contributed by atoms with Gasteiger partial charge in [0.25, 0.3) is 0 Å². The van der Waals surface area contributed by atoms with Crippen LogP contribution in [-0.2, 0) is 0 Å². The van der Waals surface area contributed by atoms with Crippen molar-refractivity contribution < 1.29 is 4.39 Å². The third-order valence-electron chi connectivity index (χ3n) is 3.33. The molecule has 0 saturated carbocycles. The summed E-state index contributed by atoms with van der Waals surface area (Å²) in [6, 6.07) is 5.37.